The van der Waals surface area contributed by atoms with E-state index in [9.17, 15) is 14.4 Å². The number of rotatable bonds is 9. The normalized spacial score (nSPS) is 13.8. The first-order chi connectivity index (χ1) is 8.43. The van der Waals surface area contributed by atoms with Gasteiger partial charge in [-0.3, -0.25) is 9.59 Å². The van der Waals surface area contributed by atoms with Crippen LogP contribution in [-0.2, 0) is 14.4 Å². The minimum Gasteiger partial charge on any atom is -0.480 e. The third-order valence-corrected chi connectivity index (χ3v) is 3.07. The minimum absolute atomic E-state index is 0.219. The van der Waals surface area contributed by atoms with Crippen molar-refractivity contribution in [2.45, 2.75) is 32.4 Å². The molecule has 0 unspecified atom stereocenters. The quantitative estimate of drug-likeness (QED) is 0.518. The molecule has 2 amide bonds. The maximum Gasteiger partial charge on any atom is 0.326 e. The fourth-order valence-corrected chi connectivity index (χ4v) is 1.85. The van der Waals surface area contributed by atoms with Gasteiger partial charge in [-0.25, -0.2) is 4.79 Å². The van der Waals surface area contributed by atoms with Crippen LogP contribution in [0.2, 0.25) is 0 Å². The molecule has 6 nitrogen and oxygen atoms in total. The SMILES string of the molecule is CSCC[C@@H](NC=O)C(=O)N[C@H](C(=O)O)C(C)C. The molecule has 0 aliphatic rings. The lowest BCUT2D eigenvalue weighted by atomic mass is 10.0. The summed E-state index contributed by atoms with van der Waals surface area (Å²) < 4.78 is 0. The molecule has 7 heteroatoms. The van der Waals surface area contributed by atoms with Crippen LogP contribution in [0.25, 0.3) is 0 Å². The number of hydrogen-bond donors (Lipinski definition) is 3. The van der Waals surface area contributed by atoms with Crippen LogP contribution in [0, 0.1) is 5.92 Å². The molecule has 0 radical (unpaired) electrons. The third-order valence-electron chi connectivity index (χ3n) is 2.43. The number of nitrogens with one attached hydrogen (secondary N) is 2. The first-order valence-corrected chi connectivity index (χ1v) is 7.05. The van der Waals surface area contributed by atoms with Crippen molar-refractivity contribution in [3.63, 3.8) is 0 Å². The fraction of sp³-hybridized carbons (Fsp3) is 0.727. The maximum atomic E-state index is 11.9. The number of amides is 2. The van der Waals surface area contributed by atoms with Crippen LogP contribution in [-0.4, -0.2) is 47.5 Å². The largest absolute Gasteiger partial charge is 0.480 e. The van der Waals surface area contributed by atoms with Crippen molar-refractivity contribution in [1.82, 2.24) is 10.6 Å². The first-order valence-electron chi connectivity index (χ1n) is 5.65. The van der Waals surface area contributed by atoms with Crippen molar-refractivity contribution in [1.29, 1.82) is 0 Å². The molecule has 0 aromatic carbocycles. The predicted molar refractivity (Wildman–Crippen MR) is 70.4 cm³/mol. The Morgan fingerprint density at radius 2 is 2.00 bits per heavy atom. The molecule has 0 spiro atoms. The summed E-state index contributed by atoms with van der Waals surface area (Å²) in [5, 5.41) is 13.8. The van der Waals surface area contributed by atoms with E-state index in [2.05, 4.69) is 10.6 Å². The number of aliphatic carboxylic acids is 1. The Bertz CT molecular complexity index is 297. The highest BCUT2D eigenvalue weighted by atomic mass is 32.2. The third kappa shape index (κ3) is 5.90. The molecule has 0 aliphatic heterocycles. The Kier molecular flexibility index (Phi) is 8.19. The van der Waals surface area contributed by atoms with E-state index in [1.54, 1.807) is 25.6 Å². The highest BCUT2D eigenvalue weighted by molar-refractivity contribution is 7.98. The maximum absolute atomic E-state index is 11.9. The van der Waals surface area contributed by atoms with Crippen LogP contribution in [0.1, 0.15) is 20.3 Å². The number of carbonyl (C=O) groups excluding carboxylic acids is 2. The number of hydrogen-bond acceptors (Lipinski definition) is 4. The van der Waals surface area contributed by atoms with E-state index in [1.807, 2.05) is 6.26 Å². The molecular formula is C11H20N2O4S. The molecular weight excluding hydrogens is 256 g/mol. The summed E-state index contributed by atoms with van der Waals surface area (Å²) in [6.07, 6.45) is 2.82. The lowest BCUT2D eigenvalue weighted by Crippen LogP contribution is -2.52. The van der Waals surface area contributed by atoms with Gasteiger partial charge in [0.15, 0.2) is 0 Å². The zero-order valence-electron chi connectivity index (χ0n) is 10.8. The van der Waals surface area contributed by atoms with Crippen LogP contribution in [0.4, 0.5) is 0 Å². The summed E-state index contributed by atoms with van der Waals surface area (Å²) >= 11 is 1.55. The van der Waals surface area contributed by atoms with Crippen molar-refractivity contribution < 1.29 is 19.5 Å². The molecule has 0 aromatic heterocycles. The topological polar surface area (TPSA) is 95.5 Å². The second-order valence-corrected chi connectivity index (χ2v) is 5.17. The Morgan fingerprint density at radius 1 is 1.39 bits per heavy atom. The second kappa shape index (κ2) is 8.79. The number of carboxylic acids is 1. The van der Waals surface area contributed by atoms with Crippen molar-refractivity contribution in [2.24, 2.45) is 5.92 Å². The van der Waals surface area contributed by atoms with E-state index < -0.39 is 24.0 Å². The van der Waals surface area contributed by atoms with E-state index in [1.165, 1.54) is 0 Å². The first kappa shape index (κ1) is 16.8. The van der Waals surface area contributed by atoms with Gasteiger partial charge in [-0.1, -0.05) is 13.8 Å². The van der Waals surface area contributed by atoms with Crippen LogP contribution in [0.3, 0.4) is 0 Å². The summed E-state index contributed by atoms with van der Waals surface area (Å²) in [6, 6.07) is -1.63. The van der Waals surface area contributed by atoms with Gasteiger partial charge >= 0.3 is 5.97 Å². The minimum atomic E-state index is -1.08. The standard InChI is InChI=1S/C11H20N2O4S/c1-7(2)9(11(16)17)13-10(15)8(12-6-14)4-5-18-3/h6-9H,4-5H2,1-3H3,(H,12,14)(H,13,15)(H,16,17)/t8-,9+/m1/s1. The van der Waals surface area contributed by atoms with E-state index in [-0.39, 0.29) is 5.92 Å². The monoisotopic (exact) mass is 276 g/mol. The molecule has 2 atom stereocenters. The highest BCUT2D eigenvalue weighted by Crippen LogP contribution is 2.05. The Hall–Kier alpha value is -1.24. The zero-order valence-corrected chi connectivity index (χ0v) is 11.6. The molecule has 0 rings (SSSR count). The summed E-state index contributed by atoms with van der Waals surface area (Å²) in [5.74, 6) is -1.05. The van der Waals surface area contributed by atoms with Gasteiger partial charge in [-0.15, -0.1) is 0 Å². The average molecular weight is 276 g/mol. The van der Waals surface area contributed by atoms with Crippen LogP contribution in [0.5, 0.6) is 0 Å². The smallest absolute Gasteiger partial charge is 0.326 e. The molecule has 18 heavy (non-hydrogen) atoms. The average Bonchev–Trinajstić information content (AvgIpc) is 2.30. The molecule has 0 saturated heterocycles. The molecule has 0 heterocycles. The van der Waals surface area contributed by atoms with Gasteiger partial charge in [0.1, 0.15) is 12.1 Å². The van der Waals surface area contributed by atoms with Gasteiger partial charge in [0.05, 0.1) is 0 Å². The lowest BCUT2D eigenvalue weighted by molar-refractivity contribution is -0.143. The van der Waals surface area contributed by atoms with Gasteiger partial charge in [0.25, 0.3) is 0 Å². The van der Waals surface area contributed by atoms with Gasteiger partial charge in [0, 0.05) is 0 Å². The Balaban J connectivity index is 4.55. The number of thioether (sulfide) groups is 1. The molecule has 0 aromatic rings. The van der Waals surface area contributed by atoms with E-state index in [4.69, 9.17) is 5.11 Å². The second-order valence-electron chi connectivity index (χ2n) is 4.19. The zero-order chi connectivity index (χ0) is 14.1. The van der Waals surface area contributed by atoms with Crippen molar-refractivity contribution in [3.05, 3.63) is 0 Å². The van der Waals surface area contributed by atoms with E-state index in [0.29, 0.717) is 18.6 Å². The van der Waals surface area contributed by atoms with Crippen LogP contribution >= 0.6 is 11.8 Å². The Labute approximate surface area is 111 Å². The summed E-state index contributed by atoms with van der Waals surface area (Å²) in [7, 11) is 0. The molecule has 0 bridgehead atoms. The molecule has 0 fully saturated rings. The van der Waals surface area contributed by atoms with Crippen molar-refractivity contribution >= 4 is 30.0 Å². The van der Waals surface area contributed by atoms with Gasteiger partial charge in [0.2, 0.25) is 12.3 Å². The molecule has 3 N–H and O–H groups in total. The predicted octanol–water partition coefficient (Wildman–Crippen LogP) is 0.0795. The van der Waals surface area contributed by atoms with Crippen molar-refractivity contribution in [2.75, 3.05) is 12.0 Å². The summed E-state index contributed by atoms with van der Waals surface area (Å²) in [4.78, 5) is 33.2. The number of carbonyl (C=O) groups is 3. The molecule has 0 saturated carbocycles. The van der Waals surface area contributed by atoms with Gasteiger partial charge < -0.3 is 15.7 Å². The molecule has 0 aliphatic carbocycles. The Morgan fingerprint density at radius 3 is 2.39 bits per heavy atom. The van der Waals surface area contributed by atoms with Gasteiger partial charge in [-0.05, 0) is 24.3 Å². The van der Waals surface area contributed by atoms with Crippen molar-refractivity contribution in [3.8, 4) is 0 Å². The van der Waals surface area contributed by atoms with E-state index >= 15 is 0 Å². The summed E-state index contributed by atoms with van der Waals surface area (Å²) in [5.41, 5.74) is 0. The molecule has 104 valence electrons. The highest BCUT2D eigenvalue weighted by Gasteiger charge is 2.26. The fourth-order valence-electron chi connectivity index (χ4n) is 1.38. The van der Waals surface area contributed by atoms with Crippen LogP contribution < -0.4 is 10.6 Å². The van der Waals surface area contributed by atoms with Crippen LogP contribution in [0.15, 0.2) is 0 Å². The summed E-state index contributed by atoms with van der Waals surface area (Å²) in [6.45, 7) is 3.42. The number of carboxylic acid groups (broad SMARTS) is 1. The van der Waals surface area contributed by atoms with Gasteiger partial charge in [-0.2, -0.15) is 11.8 Å². The van der Waals surface area contributed by atoms with E-state index in [0.717, 1.165) is 0 Å². The lowest BCUT2D eigenvalue weighted by Gasteiger charge is -2.21.